The van der Waals surface area contributed by atoms with E-state index in [0.29, 0.717) is 30.6 Å². The maximum absolute atomic E-state index is 11.6. The Labute approximate surface area is 111 Å². The minimum Gasteiger partial charge on any atom is -0.338 e. The van der Waals surface area contributed by atoms with E-state index in [1.807, 2.05) is 11.8 Å². The molecule has 1 saturated heterocycles. The Morgan fingerprint density at radius 1 is 1.33 bits per heavy atom. The molecule has 1 N–H and O–H groups in total. The number of piperazine rings is 1. The van der Waals surface area contributed by atoms with E-state index in [1.54, 1.807) is 17.3 Å². The van der Waals surface area contributed by atoms with E-state index in [9.17, 15) is 4.79 Å². The number of nitrogens with zero attached hydrogens (tertiary/aromatic N) is 4. The molecule has 1 aromatic heterocycles. The molecule has 0 saturated carbocycles. The van der Waals surface area contributed by atoms with Crippen LogP contribution in [0, 0.1) is 0 Å². The first-order valence-corrected chi connectivity index (χ1v) is 6.33. The standard InChI is InChI=1S/C11H16ClN5O/c1-2-13-11(18)17-5-3-16(4-6-17)10-14-7-9(12)8-15-10/h7-8H,2-6H2,1H3,(H,13,18). The summed E-state index contributed by atoms with van der Waals surface area (Å²) < 4.78 is 0. The van der Waals surface area contributed by atoms with Crippen LogP contribution in [0.3, 0.4) is 0 Å². The van der Waals surface area contributed by atoms with Crippen LogP contribution in [0.5, 0.6) is 0 Å². The van der Waals surface area contributed by atoms with Crippen molar-refractivity contribution in [3.8, 4) is 0 Å². The van der Waals surface area contributed by atoms with Gasteiger partial charge >= 0.3 is 6.03 Å². The van der Waals surface area contributed by atoms with E-state index in [2.05, 4.69) is 15.3 Å². The molecule has 2 rings (SSSR count). The fourth-order valence-electron chi connectivity index (χ4n) is 1.84. The zero-order chi connectivity index (χ0) is 13.0. The van der Waals surface area contributed by atoms with Crippen LogP contribution in [0.1, 0.15) is 6.92 Å². The molecule has 0 unspecified atom stereocenters. The van der Waals surface area contributed by atoms with Crippen molar-refractivity contribution in [2.24, 2.45) is 0 Å². The second kappa shape index (κ2) is 5.86. The Morgan fingerprint density at radius 2 is 1.94 bits per heavy atom. The first-order valence-electron chi connectivity index (χ1n) is 5.96. The number of urea groups is 1. The normalized spacial score (nSPS) is 15.7. The number of amides is 2. The lowest BCUT2D eigenvalue weighted by atomic mass is 10.3. The highest BCUT2D eigenvalue weighted by molar-refractivity contribution is 6.30. The second-order valence-corrected chi connectivity index (χ2v) is 4.45. The predicted molar refractivity (Wildman–Crippen MR) is 69.9 cm³/mol. The number of hydrogen-bond acceptors (Lipinski definition) is 4. The van der Waals surface area contributed by atoms with Crippen molar-refractivity contribution in [2.45, 2.75) is 6.92 Å². The van der Waals surface area contributed by atoms with Gasteiger partial charge in [-0.25, -0.2) is 14.8 Å². The number of rotatable bonds is 2. The number of carbonyl (C=O) groups is 1. The molecule has 98 valence electrons. The molecule has 0 spiro atoms. The van der Waals surface area contributed by atoms with E-state index in [-0.39, 0.29) is 6.03 Å². The van der Waals surface area contributed by atoms with Gasteiger partial charge in [-0.3, -0.25) is 0 Å². The Bertz CT molecular complexity index is 402. The van der Waals surface area contributed by atoms with Crippen LogP contribution in [-0.4, -0.2) is 53.6 Å². The van der Waals surface area contributed by atoms with Gasteiger partial charge in [-0.05, 0) is 6.92 Å². The van der Waals surface area contributed by atoms with Gasteiger partial charge in [0.15, 0.2) is 0 Å². The lowest BCUT2D eigenvalue weighted by molar-refractivity contribution is 0.194. The number of anilines is 1. The summed E-state index contributed by atoms with van der Waals surface area (Å²) in [5, 5.41) is 3.32. The molecule has 1 fully saturated rings. The number of carbonyl (C=O) groups excluding carboxylic acids is 1. The summed E-state index contributed by atoms with van der Waals surface area (Å²) in [6, 6.07) is -0.00539. The summed E-state index contributed by atoms with van der Waals surface area (Å²) in [6.07, 6.45) is 3.17. The maximum atomic E-state index is 11.6. The molecule has 0 radical (unpaired) electrons. The number of halogens is 1. The van der Waals surface area contributed by atoms with Gasteiger partial charge in [0.25, 0.3) is 0 Å². The van der Waals surface area contributed by atoms with Gasteiger partial charge in [0.05, 0.1) is 17.4 Å². The van der Waals surface area contributed by atoms with E-state index >= 15 is 0 Å². The minimum absolute atomic E-state index is 0.00539. The van der Waals surface area contributed by atoms with Gasteiger partial charge < -0.3 is 15.1 Å². The molecule has 1 aromatic rings. The van der Waals surface area contributed by atoms with E-state index in [4.69, 9.17) is 11.6 Å². The fraction of sp³-hybridized carbons (Fsp3) is 0.545. The third-order valence-corrected chi connectivity index (χ3v) is 2.98. The van der Waals surface area contributed by atoms with Crippen molar-refractivity contribution in [1.29, 1.82) is 0 Å². The summed E-state index contributed by atoms with van der Waals surface area (Å²) in [6.45, 7) is 5.39. The molecule has 6 nitrogen and oxygen atoms in total. The quantitative estimate of drug-likeness (QED) is 0.870. The Balaban J connectivity index is 1.90. The summed E-state index contributed by atoms with van der Waals surface area (Å²) in [7, 11) is 0. The zero-order valence-corrected chi connectivity index (χ0v) is 11.0. The van der Waals surface area contributed by atoms with Crippen LogP contribution >= 0.6 is 11.6 Å². The first kappa shape index (κ1) is 12.9. The molecule has 18 heavy (non-hydrogen) atoms. The SMILES string of the molecule is CCNC(=O)N1CCN(c2ncc(Cl)cn2)CC1. The van der Waals surface area contributed by atoms with Crippen molar-refractivity contribution >= 4 is 23.6 Å². The molecule has 1 aliphatic heterocycles. The van der Waals surface area contributed by atoms with Crippen molar-refractivity contribution in [3.63, 3.8) is 0 Å². The van der Waals surface area contributed by atoms with Gasteiger partial charge in [0.2, 0.25) is 5.95 Å². The Morgan fingerprint density at radius 3 is 2.50 bits per heavy atom. The maximum Gasteiger partial charge on any atom is 0.317 e. The van der Waals surface area contributed by atoms with Gasteiger partial charge in [-0.1, -0.05) is 11.6 Å². The Hall–Kier alpha value is -1.56. The van der Waals surface area contributed by atoms with Gasteiger partial charge in [0.1, 0.15) is 0 Å². The van der Waals surface area contributed by atoms with Crippen LogP contribution in [0.25, 0.3) is 0 Å². The van der Waals surface area contributed by atoms with Crippen molar-refractivity contribution < 1.29 is 4.79 Å². The monoisotopic (exact) mass is 269 g/mol. The van der Waals surface area contributed by atoms with Gasteiger partial charge in [-0.2, -0.15) is 0 Å². The summed E-state index contributed by atoms with van der Waals surface area (Å²) >= 11 is 5.75. The van der Waals surface area contributed by atoms with Crippen molar-refractivity contribution in [2.75, 3.05) is 37.6 Å². The molecule has 0 atom stereocenters. The average Bonchev–Trinajstić information content (AvgIpc) is 2.40. The highest BCUT2D eigenvalue weighted by atomic mass is 35.5. The van der Waals surface area contributed by atoms with Crippen molar-refractivity contribution in [1.82, 2.24) is 20.2 Å². The predicted octanol–water partition coefficient (Wildman–Crippen LogP) is 0.982. The van der Waals surface area contributed by atoms with Gasteiger partial charge in [-0.15, -0.1) is 0 Å². The van der Waals surface area contributed by atoms with Crippen LogP contribution < -0.4 is 10.2 Å². The second-order valence-electron chi connectivity index (χ2n) is 4.01. The number of aromatic nitrogens is 2. The number of hydrogen-bond donors (Lipinski definition) is 1. The molecule has 0 bridgehead atoms. The molecular weight excluding hydrogens is 254 g/mol. The van der Waals surface area contributed by atoms with Crippen molar-refractivity contribution in [3.05, 3.63) is 17.4 Å². The lowest BCUT2D eigenvalue weighted by Gasteiger charge is -2.34. The van der Waals surface area contributed by atoms with Gasteiger partial charge in [0, 0.05) is 32.7 Å². The highest BCUT2D eigenvalue weighted by Crippen LogP contribution is 2.12. The molecule has 2 heterocycles. The lowest BCUT2D eigenvalue weighted by Crippen LogP contribution is -2.52. The molecule has 0 aromatic carbocycles. The topological polar surface area (TPSA) is 61.4 Å². The Kier molecular flexibility index (Phi) is 4.19. The smallest absolute Gasteiger partial charge is 0.317 e. The van der Waals surface area contributed by atoms with Crippen LogP contribution in [0.2, 0.25) is 5.02 Å². The van der Waals surface area contributed by atoms with E-state index < -0.39 is 0 Å². The average molecular weight is 270 g/mol. The third-order valence-electron chi connectivity index (χ3n) is 2.78. The molecule has 0 aliphatic carbocycles. The fourth-order valence-corrected chi connectivity index (χ4v) is 1.94. The molecule has 1 aliphatic rings. The number of nitrogens with one attached hydrogen (secondary N) is 1. The highest BCUT2D eigenvalue weighted by Gasteiger charge is 2.21. The largest absolute Gasteiger partial charge is 0.338 e. The summed E-state index contributed by atoms with van der Waals surface area (Å²) in [5.74, 6) is 0.662. The summed E-state index contributed by atoms with van der Waals surface area (Å²) in [4.78, 5) is 23.8. The van der Waals surface area contributed by atoms with Crippen LogP contribution in [-0.2, 0) is 0 Å². The first-order chi connectivity index (χ1) is 8.70. The van der Waals surface area contributed by atoms with Crippen LogP contribution in [0.4, 0.5) is 10.7 Å². The van der Waals surface area contributed by atoms with E-state index in [1.165, 1.54) is 0 Å². The summed E-state index contributed by atoms with van der Waals surface area (Å²) in [5.41, 5.74) is 0. The molecule has 2 amide bonds. The minimum atomic E-state index is -0.00539. The van der Waals surface area contributed by atoms with Crippen LogP contribution in [0.15, 0.2) is 12.4 Å². The molecule has 7 heteroatoms. The third kappa shape index (κ3) is 3.01. The molecular formula is C11H16ClN5O. The van der Waals surface area contributed by atoms with E-state index in [0.717, 1.165) is 13.1 Å². The zero-order valence-electron chi connectivity index (χ0n) is 10.3.